The maximum atomic E-state index is 12.9. The molecule has 4 N–H and O–H groups in total. The van der Waals surface area contributed by atoms with Crippen LogP contribution in [0.2, 0.25) is 0 Å². The summed E-state index contributed by atoms with van der Waals surface area (Å²) in [6, 6.07) is 0. The van der Waals surface area contributed by atoms with Crippen molar-refractivity contribution >= 4 is 33.6 Å². The molecule has 5 unspecified atom stereocenters. The summed E-state index contributed by atoms with van der Waals surface area (Å²) in [5.41, 5.74) is 0. The van der Waals surface area contributed by atoms with Crippen LogP contribution in [0.4, 0.5) is 0 Å². The predicted molar refractivity (Wildman–Crippen MR) is 399 cm³/mol. The molecule has 0 aromatic carbocycles. The van der Waals surface area contributed by atoms with Gasteiger partial charge in [0.2, 0.25) is 0 Å². The van der Waals surface area contributed by atoms with Crippen LogP contribution in [0.5, 0.6) is 0 Å². The minimum absolute atomic E-state index is 0.106. The first-order valence-corrected chi connectivity index (χ1v) is 41.2. The lowest BCUT2D eigenvalue weighted by Crippen LogP contribution is -2.30. The van der Waals surface area contributed by atoms with Gasteiger partial charge < -0.3 is 34.2 Å². The summed E-state index contributed by atoms with van der Waals surface area (Å²) in [5.74, 6) is -1.58. The van der Waals surface area contributed by atoms with Crippen LogP contribution in [0.25, 0.3) is 0 Å². The van der Waals surface area contributed by atoms with E-state index in [0.717, 1.165) is 161 Å². The molecule has 0 bridgehead atoms. The van der Waals surface area contributed by atoms with Crippen molar-refractivity contribution in [1.82, 2.24) is 0 Å². The highest BCUT2D eigenvalue weighted by Gasteiger charge is 2.29. The summed E-state index contributed by atoms with van der Waals surface area (Å²) in [6.07, 6.45) is 82.8. The molecule has 0 heterocycles. The Hall–Kier alpha value is -3.79. The van der Waals surface area contributed by atoms with E-state index in [1.54, 1.807) is 0 Å². The molecule has 0 saturated heterocycles. The molecule has 0 rings (SSSR count). The fourth-order valence-corrected chi connectivity index (χ4v) is 11.8. The summed E-state index contributed by atoms with van der Waals surface area (Å²) >= 11 is 0. The average molecular weight is 1410 g/mol. The molecule has 0 aliphatic heterocycles. The standard InChI is InChI=1S/C79H138O16P2/c1-4-7-10-13-16-19-22-25-28-30-31-32-33-34-35-36-37-38-39-40-41-43-46-47-50-53-56-59-62-65-77(82)89-68-74(80)69-91-96(85,86)92-70-75(81)71-93-97(87,88)94-73-76(95-79(84)67-64-61-58-55-52-49-44-27-24-21-18-15-12-9-6-3)72-90-78(83)66-63-60-57-54-51-48-45-42-29-26-23-20-17-14-11-8-5-2/h7-8,10-11,16-17,19-20,25-26,28-29,31-32,34-35,37-38,74-76,80-81H,4-6,9,12-15,18,21-24,27,30,33,36,39-73H2,1-3H3,(H,85,86)(H,87,88)/b10-7-,11-8-,19-16-,20-17-,28-25-,29-26-,32-31-,35-34-,38-37-. The normalized spacial score (nSPS) is 14.7. The van der Waals surface area contributed by atoms with Gasteiger partial charge in [-0.05, 0) is 103 Å². The van der Waals surface area contributed by atoms with E-state index in [1.165, 1.54) is 96.3 Å². The second kappa shape index (κ2) is 72.0. The lowest BCUT2D eigenvalue weighted by Gasteiger charge is -2.21. The second-order valence-electron chi connectivity index (χ2n) is 25.4. The highest BCUT2D eigenvalue weighted by atomic mass is 31.2. The third-order valence-electron chi connectivity index (χ3n) is 16.0. The molecule has 0 amide bonds. The number of aliphatic hydroxyl groups excluding tert-OH is 2. The lowest BCUT2D eigenvalue weighted by molar-refractivity contribution is -0.161. The molecule has 97 heavy (non-hydrogen) atoms. The maximum Gasteiger partial charge on any atom is 0.472 e. The largest absolute Gasteiger partial charge is 0.472 e. The lowest BCUT2D eigenvalue weighted by atomic mass is 10.0. The maximum absolute atomic E-state index is 12.9. The summed E-state index contributed by atoms with van der Waals surface area (Å²) in [6.45, 7) is 2.47. The van der Waals surface area contributed by atoms with Gasteiger partial charge in [-0.2, -0.15) is 0 Å². The summed E-state index contributed by atoms with van der Waals surface area (Å²) < 4.78 is 61.1. The molecule has 0 aromatic heterocycles. The SMILES string of the molecule is CC/C=C\C/C=C\C/C=C\C/C=C\C/C=C\C/C=C\CCCCCCCCCCCCC(=O)OCC(O)COP(=O)(O)OCC(O)COP(=O)(O)OCC(COC(=O)CCCCCCCCC/C=C\C/C=C\C/C=C\CC)OC(=O)CCCCCCCCCCCCCCCCC. The number of rotatable bonds is 72. The number of ether oxygens (including phenoxy) is 3. The Morgan fingerprint density at radius 3 is 0.866 bits per heavy atom. The Bertz CT molecular complexity index is 2200. The number of aliphatic hydroxyl groups is 2. The van der Waals surface area contributed by atoms with E-state index >= 15 is 0 Å². The van der Waals surface area contributed by atoms with Crippen LogP contribution in [0.15, 0.2) is 109 Å². The number of esters is 3. The monoisotopic (exact) mass is 1400 g/mol. The number of phosphoric acid groups is 2. The van der Waals surface area contributed by atoms with Crippen LogP contribution >= 0.6 is 15.6 Å². The molecule has 5 atom stereocenters. The Labute approximate surface area is 590 Å². The van der Waals surface area contributed by atoms with Gasteiger partial charge in [-0.1, -0.05) is 304 Å². The Balaban J connectivity index is 4.51. The average Bonchev–Trinajstić information content (AvgIpc) is 1.48. The van der Waals surface area contributed by atoms with Crippen LogP contribution in [-0.2, 0) is 55.8 Å². The van der Waals surface area contributed by atoms with E-state index in [4.69, 9.17) is 32.3 Å². The van der Waals surface area contributed by atoms with Crippen LogP contribution in [0, 0.1) is 0 Å². The molecule has 560 valence electrons. The van der Waals surface area contributed by atoms with Crippen LogP contribution < -0.4 is 0 Å². The number of hydrogen-bond acceptors (Lipinski definition) is 14. The zero-order valence-corrected chi connectivity index (χ0v) is 62.8. The molecule has 18 heteroatoms. The van der Waals surface area contributed by atoms with Gasteiger partial charge in [0.1, 0.15) is 25.4 Å². The number of unbranched alkanes of at least 4 members (excludes halogenated alkanes) is 31. The molecule has 0 aliphatic rings. The summed E-state index contributed by atoms with van der Waals surface area (Å²) in [5, 5.41) is 20.6. The first-order valence-electron chi connectivity index (χ1n) is 38.2. The van der Waals surface area contributed by atoms with Crippen molar-refractivity contribution in [3.8, 4) is 0 Å². The smallest absolute Gasteiger partial charge is 0.463 e. The van der Waals surface area contributed by atoms with Crippen LogP contribution in [-0.4, -0.2) is 95.9 Å². The quantitative estimate of drug-likeness (QED) is 0.0146. The highest BCUT2D eigenvalue weighted by Crippen LogP contribution is 2.45. The van der Waals surface area contributed by atoms with E-state index in [0.29, 0.717) is 19.3 Å². The Kier molecular flexibility index (Phi) is 69.2. The van der Waals surface area contributed by atoms with Crippen molar-refractivity contribution in [2.24, 2.45) is 0 Å². The van der Waals surface area contributed by atoms with Gasteiger partial charge in [0.25, 0.3) is 0 Å². The zero-order chi connectivity index (χ0) is 70.9. The van der Waals surface area contributed by atoms with Crippen molar-refractivity contribution < 1.29 is 75.8 Å². The molecule has 0 fully saturated rings. The van der Waals surface area contributed by atoms with Crippen molar-refractivity contribution in [1.29, 1.82) is 0 Å². The third kappa shape index (κ3) is 73.3. The van der Waals surface area contributed by atoms with E-state index in [9.17, 15) is 43.5 Å². The Morgan fingerprint density at radius 1 is 0.299 bits per heavy atom. The van der Waals surface area contributed by atoms with Gasteiger partial charge in [0.05, 0.1) is 26.4 Å². The number of carbonyl (C=O) groups excluding carboxylic acids is 3. The minimum Gasteiger partial charge on any atom is -0.463 e. The summed E-state index contributed by atoms with van der Waals surface area (Å²) in [7, 11) is -9.78. The first kappa shape index (κ1) is 93.2. The number of carbonyl (C=O) groups is 3. The second-order valence-corrected chi connectivity index (χ2v) is 28.3. The zero-order valence-electron chi connectivity index (χ0n) is 61.0. The van der Waals surface area contributed by atoms with Gasteiger partial charge in [0.15, 0.2) is 6.10 Å². The van der Waals surface area contributed by atoms with E-state index in [1.807, 2.05) is 0 Å². The van der Waals surface area contributed by atoms with Gasteiger partial charge in [-0.3, -0.25) is 32.5 Å². The molecule has 0 saturated carbocycles. The van der Waals surface area contributed by atoms with Crippen LogP contribution in [0.3, 0.4) is 0 Å². The van der Waals surface area contributed by atoms with Gasteiger partial charge in [-0.15, -0.1) is 0 Å². The van der Waals surface area contributed by atoms with Crippen molar-refractivity contribution in [2.45, 2.75) is 334 Å². The van der Waals surface area contributed by atoms with Crippen molar-refractivity contribution in [3.63, 3.8) is 0 Å². The van der Waals surface area contributed by atoms with Gasteiger partial charge in [-0.25, -0.2) is 9.13 Å². The first-order chi connectivity index (χ1) is 47.2. The van der Waals surface area contributed by atoms with E-state index in [-0.39, 0.29) is 19.3 Å². The molecule has 0 aromatic rings. The van der Waals surface area contributed by atoms with Crippen molar-refractivity contribution in [2.75, 3.05) is 39.6 Å². The Morgan fingerprint density at radius 2 is 0.546 bits per heavy atom. The van der Waals surface area contributed by atoms with Crippen LogP contribution in [0.1, 0.15) is 316 Å². The summed E-state index contributed by atoms with van der Waals surface area (Å²) in [4.78, 5) is 58.6. The van der Waals surface area contributed by atoms with E-state index in [2.05, 4.69) is 130 Å². The molecule has 0 spiro atoms. The molecular formula is C79H138O16P2. The van der Waals surface area contributed by atoms with Gasteiger partial charge in [0, 0.05) is 19.3 Å². The predicted octanol–water partition coefficient (Wildman–Crippen LogP) is 22.0. The van der Waals surface area contributed by atoms with Gasteiger partial charge >= 0.3 is 33.6 Å². The van der Waals surface area contributed by atoms with E-state index < -0.39 is 91.5 Å². The fraction of sp³-hybridized carbons (Fsp3) is 0.734. The molecule has 0 radical (unpaired) electrons. The van der Waals surface area contributed by atoms with Crippen molar-refractivity contribution in [3.05, 3.63) is 109 Å². The number of phosphoric ester groups is 2. The number of hydrogen-bond donors (Lipinski definition) is 4. The third-order valence-corrected chi connectivity index (χ3v) is 17.9. The minimum atomic E-state index is -4.93. The molecule has 0 aliphatic carbocycles. The molecular weight excluding hydrogens is 1270 g/mol. The number of allylic oxidation sites excluding steroid dienone is 18. The highest BCUT2D eigenvalue weighted by molar-refractivity contribution is 7.47. The topological polar surface area (TPSA) is 231 Å². The molecule has 16 nitrogen and oxygen atoms in total. The fourth-order valence-electron chi connectivity index (χ4n) is 10.2.